The monoisotopic (exact) mass is 356 g/mol. The molecule has 4 nitrogen and oxygen atoms in total. The Morgan fingerprint density at radius 1 is 1.30 bits per heavy atom. The first kappa shape index (κ1) is 15.1. The number of pyridine rings is 1. The van der Waals surface area contributed by atoms with Crippen molar-refractivity contribution < 1.29 is 9.47 Å². The van der Waals surface area contributed by atoms with Gasteiger partial charge in [-0.05, 0) is 46.6 Å². The van der Waals surface area contributed by atoms with Gasteiger partial charge in [-0.25, -0.2) is 4.98 Å². The maximum absolute atomic E-state index is 6.09. The summed E-state index contributed by atoms with van der Waals surface area (Å²) in [5, 5.41) is 0.421. The van der Waals surface area contributed by atoms with Gasteiger partial charge in [-0.3, -0.25) is 0 Å². The van der Waals surface area contributed by atoms with Crippen LogP contribution >= 0.6 is 27.5 Å². The minimum Gasteiger partial charge on any atom is -0.490 e. The fourth-order valence-electron chi connectivity index (χ4n) is 1.61. The molecule has 0 unspecified atom stereocenters. The molecule has 0 saturated carbocycles. The zero-order valence-corrected chi connectivity index (χ0v) is 13.2. The van der Waals surface area contributed by atoms with Gasteiger partial charge in [-0.2, -0.15) is 0 Å². The highest BCUT2D eigenvalue weighted by Gasteiger charge is 2.11. The van der Waals surface area contributed by atoms with Crippen LogP contribution in [0.1, 0.15) is 12.5 Å². The van der Waals surface area contributed by atoms with Gasteiger partial charge in [-0.1, -0.05) is 17.7 Å². The summed E-state index contributed by atoms with van der Waals surface area (Å²) in [5.74, 6) is 1.51. The van der Waals surface area contributed by atoms with E-state index in [1.54, 1.807) is 18.3 Å². The quantitative estimate of drug-likeness (QED) is 0.873. The summed E-state index contributed by atoms with van der Waals surface area (Å²) in [6.07, 6.45) is 1.62. The van der Waals surface area contributed by atoms with E-state index in [2.05, 4.69) is 20.9 Å². The molecule has 0 spiro atoms. The average molecular weight is 358 g/mol. The van der Waals surface area contributed by atoms with E-state index in [0.717, 1.165) is 10.0 Å². The van der Waals surface area contributed by atoms with Gasteiger partial charge in [0.2, 0.25) is 5.88 Å². The molecule has 2 aromatic rings. The summed E-state index contributed by atoms with van der Waals surface area (Å²) in [4.78, 5) is 4.14. The second-order valence-corrected chi connectivity index (χ2v) is 5.28. The fraction of sp³-hybridized carbons (Fsp3) is 0.214. The number of halogens is 2. The number of nitrogens with zero attached hydrogens (tertiary/aromatic N) is 1. The lowest BCUT2D eigenvalue weighted by atomic mass is 10.2. The largest absolute Gasteiger partial charge is 0.490 e. The molecule has 1 aromatic heterocycles. The summed E-state index contributed by atoms with van der Waals surface area (Å²) in [6.45, 7) is 2.88. The molecule has 6 heteroatoms. The lowest BCUT2D eigenvalue weighted by Gasteiger charge is -2.13. The van der Waals surface area contributed by atoms with Crippen molar-refractivity contribution in [3.8, 4) is 17.4 Å². The summed E-state index contributed by atoms with van der Waals surface area (Å²) in [7, 11) is 0. The van der Waals surface area contributed by atoms with E-state index in [9.17, 15) is 0 Å². The number of hydrogen-bond donors (Lipinski definition) is 1. The van der Waals surface area contributed by atoms with Gasteiger partial charge >= 0.3 is 0 Å². The minimum atomic E-state index is 0.330. The average Bonchev–Trinajstić information content (AvgIpc) is 2.43. The normalized spacial score (nSPS) is 10.4. The molecule has 1 aromatic carbocycles. The van der Waals surface area contributed by atoms with Crippen molar-refractivity contribution in [2.24, 2.45) is 5.73 Å². The molecular weight excluding hydrogens is 344 g/mol. The van der Waals surface area contributed by atoms with Crippen molar-refractivity contribution >= 4 is 27.5 Å². The van der Waals surface area contributed by atoms with Gasteiger partial charge < -0.3 is 15.2 Å². The van der Waals surface area contributed by atoms with Crippen LogP contribution in [0.25, 0.3) is 0 Å². The Balaban J connectivity index is 2.32. The second-order valence-electron chi connectivity index (χ2n) is 3.96. The molecule has 106 valence electrons. The Morgan fingerprint density at radius 3 is 2.75 bits per heavy atom. The van der Waals surface area contributed by atoms with Crippen molar-refractivity contribution in [2.75, 3.05) is 6.61 Å². The third-order valence-corrected chi connectivity index (χ3v) is 3.23. The van der Waals surface area contributed by atoms with Crippen LogP contribution in [-0.2, 0) is 6.54 Å². The summed E-state index contributed by atoms with van der Waals surface area (Å²) in [5.41, 5.74) is 6.59. The first-order chi connectivity index (χ1) is 9.63. The van der Waals surface area contributed by atoms with Crippen LogP contribution in [0.4, 0.5) is 0 Å². The Bertz CT molecular complexity index is 608. The fourth-order valence-corrected chi connectivity index (χ4v) is 2.28. The number of benzene rings is 1. The van der Waals surface area contributed by atoms with Crippen molar-refractivity contribution in [1.82, 2.24) is 4.98 Å². The van der Waals surface area contributed by atoms with Crippen molar-refractivity contribution in [2.45, 2.75) is 13.5 Å². The highest BCUT2D eigenvalue weighted by molar-refractivity contribution is 9.10. The van der Waals surface area contributed by atoms with Crippen LogP contribution in [0.2, 0.25) is 5.02 Å². The van der Waals surface area contributed by atoms with Gasteiger partial charge in [0.15, 0.2) is 11.5 Å². The van der Waals surface area contributed by atoms with Crippen LogP contribution in [0.5, 0.6) is 17.4 Å². The van der Waals surface area contributed by atoms with Gasteiger partial charge in [0.05, 0.1) is 6.61 Å². The first-order valence-electron chi connectivity index (χ1n) is 6.08. The van der Waals surface area contributed by atoms with E-state index in [0.29, 0.717) is 35.6 Å². The molecule has 1 heterocycles. The Hall–Kier alpha value is -1.30. The highest BCUT2D eigenvalue weighted by atomic mass is 79.9. The van der Waals surface area contributed by atoms with Gasteiger partial charge in [0, 0.05) is 17.2 Å². The lowest BCUT2D eigenvalue weighted by Crippen LogP contribution is -2.00. The van der Waals surface area contributed by atoms with Crippen molar-refractivity contribution in [3.05, 3.63) is 45.5 Å². The maximum Gasteiger partial charge on any atom is 0.238 e. The molecule has 0 aliphatic heterocycles. The number of nitrogens with two attached hydrogens (primary N) is 1. The number of aromatic nitrogens is 1. The van der Waals surface area contributed by atoms with E-state index < -0.39 is 0 Å². The van der Waals surface area contributed by atoms with E-state index in [1.807, 2.05) is 19.1 Å². The van der Waals surface area contributed by atoms with Crippen LogP contribution < -0.4 is 15.2 Å². The minimum absolute atomic E-state index is 0.330. The lowest BCUT2D eigenvalue weighted by molar-refractivity contribution is 0.319. The zero-order valence-electron chi connectivity index (χ0n) is 10.9. The SMILES string of the molecule is CCOc1cc(CN)ccc1Oc1ncc(Br)cc1Cl. The van der Waals surface area contributed by atoms with Crippen LogP contribution in [-0.4, -0.2) is 11.6 Å². The molecule has 0 radical (unpaired) electrons. The number of ether oxygens (including phenoxy) is 2. The molecule has 0 fully saturated rings. The van der Waals surface area contributed by atoms with Crippen LogP contribution in [0.15, 0.2) is 34.9 Å². The van der Waals surface area contributed by atoms with Gasteiger partial charge in [-0.15, -0.1) is 0 Å². The molecule has 0 aliphatic carbocycles. The predicted molar refractivity (Wildman–Crippen MR) is 82.5 cm³/mol. The van der Waals surface area contributed by atoms with Crippen molar-refractivity contribution in [1.29, 1.82) is 0 Å². The third-order valence-electron chi connectivity index (χ3n) is 2.52. The van der Waals surface area contributed by atoms with E-state index in [4.69, 9.17) is 26.8 Å². The Kier molecular flexibility index (Phi) is 5.23. The second kappa shape index (κ2) is 6.92. The van der Waals surface area contributed by atoms with Gasteiger partial charge in [0.25, 0.3) is 0 Å². The molecule has 0 aliphatic rings. The molecular formula is C14H14BrClN2O2. The van der Waals surface area contributed by atoms with E-state index >= 15 is 0 Å². The summed E-state index contributed by atoms with van der Waals surface area (Å²) < 4.78 is 12.1. The van der Waals surface area contributed by atoms with Crippen molar-refractivity contribution in [3.63, 3.8) is 0 Å². The summed E-state index contributed by atoms with van der Waals surface area (Å²) in [6, 6.07) is 7.25. The molecule has 0 bridgehead atoms. The molecule has 2 rings (SSSR count). The summed E-state index contributed by atoms with van der Waals surface area (Å²) >= 11 is 9.39. The number of rotatable bonds is 5. The van der Waals surface area contributed by atoms with Crippen LogP contribution in [0, 0.1) is 0 Å². The topological polar surface area (TPSA) is 57.4 Å². The Labute approximate surface area is 131 Å². The van der Waals surface area contributed by atoms with Gasteiger partial charge in [0.1, 0.15) is 5.02 Å². The third kappa shape index (κ3) is 3.62. The van der Waals surface area contributed by atoms with E-state index in [1.165, 1.54) is 0 Å². The highest BCUT2D eigenvalue weighted by Crippen LogP contribution is 2.35. The smallest absolute Gasteiger partial charge is 0.238 e. The molecule has 2 N–H and O–H groups in total. The van der Waals surface area contributed by atoms with E-state index in [-0.39, 0.29) is 0 Å². The molecule has 0 saturated heterocycles. The Morgan fingerprint density at radius 2 is 2.10 bits per heavy atom. The predicted octanol–water partition coefficient (Wildman–Crippen LogP) is 4.15. The first-order valence-corrected chi connectivity index (χ1v) is 7.25. The molecule has 20 heavy (non-hydrogen) atoms. The zero-order chi connectivity index (χ0) is 14.5. The number of hydrogen-bond acceptors (Lipinski definition) is 4. The molecule has 0 atom stereocenters. The maximum atomic E-state index is 6.09. The standard InChI is InChI=1S/C14H14BrClN2O2/c1-2-19-13-5-9(7-17)3-4-12(13)20-14-11(16)6-10(15)8-18-14/h3-6,8H,2,7,17H2,1H3. The molecule has 0 amide bonds. The van der Waals surface area contributed by atoms with Crippen LogP contribution in [0.3, 0.4) is 0 Å².